The highest BCUT2D eigenvalue weighted by Gasteiger charge is 2.10. The van der Waals surface area contributed by atoms with Gasteiger partial charge >= 0.3 is 0 Å². The Bertz CT molecular complexity index is 647. The minimum Gasteiger partial charge on any atom is -0.395 e. The smallest absolute Gasteiger partial charge is 0.179 e. The van der Waals surface area contributed by atoms with Crippen molar-refractivity contribution in [1.82, 2.24) is 15.0 Å². The maximum atomic E-state index is 8.89. The van der Waals surface area contributed by atoms with Crippen LogP contribution >= 0.6 is 11.3 Å². The zero-order chi connectivity index (χ0) is 12.4. The molecule has 0 aliphatic rings. The summed E-state index contributed by atoms with van der Waals surface area (Å²) in [5, 5.41) is 15.0. The van der Waals surface area contributed by atoms with Gasteiger partial charge in [0.1, 0.15) is 10.6 Å². The molecular formula is C12H12N4OS. The number of fused-ring (bicyclic) bond motifs is 1. The molecule has 18 heavy (non-hydrogen) atoms. The molecule has 3 aromatic heterocycles. The molecule has 0 saturated carbocycles. The lowest BCUT2D eigenvalue weighted by Gasteiger charge is -2.06. The highest BCUT2D eigenvalue weighted by molar-refractivity contribution is 7.16. The number of H-pyrrole nitrogens is 1. The Labute approximate surface area is 108 Å². The number of hydrogen-bond acceptors (Lipinski definition) is 5. The van der Waals surface area contributed by atoms with Gasteiger partial charge in [0.25, 0.3) is 0 Å². The average Bonchev–Trinajstić information content (AvgIpc) is 3.05. The van der Waals surface area contributed by atoms with Crippen molar-refractivity contribution in [2.24, 2.45) is 0 Å². The van der Waals surface area contributed by atoms with Crippen LogP contribution in [0, 0.1) is 0 Å². The zero-order valence-electron chi connectivity index (χ0n) is 9.55. The summed E-state index contributed by atoms with van der Waals surface area (Å²) in [5.74, 6) is 1.43. The molecule has 92 valence electrons. The van der Waals surface area contributed by atoms with Crippen LogP contribution in [0.15, 0.2) is 29.8 Å². The van der Waals surface area contributed by atoms with E-state index >= 15 is 0 Å². The van der Waals surface area contributed by atoms with Crippen molar-refractivity contribution in [3.63, 3.8) is 0 Å². The molecule has 3 rings (SSSR count). The summed E-state index contributed by atoms with van der Waals surface area (Å²) in [6.45, 7) is 0.555. The van der Waals surface area contributed by atoms with Crippen molar-refractivity contribution in [2.75, 3.05) is 18.5 Å². The number of aliphatic hydroxyl groups is 1. The first-order chi connectivity index (χ1) is 8.88. The van der Waals surface area contributed by atoms with E-state index in [1.165, 1.54) is 0 Å². The second-order valence-electron chi connectivity index (χ2n) is 3.77. The second kappa shape index (κ2) is 4.75. The Morgan fingerprint density at radius 1 is 1.33 bits per heavy atom. The monoisotopic (exact) mass is 260 g/mol. The van der Waals surface area contributed by atoms with Gasteiger partial charge < -0.3 is 15.4 Å². The van der Waals surface area contributed by atoms with Gasteiger partial charge in [-0.2, -0.15) is 0 Å². The summed E-state index contributed by atoms with van der Waals surface area (Å²) in [5.41, 5.74) is 0.886. The van der Waals surface area contributed by atoms with Crippen LogP contribution < -0.4 is 5.32 Å². The van der Waals surface area contributed by atoms with Crippen LogP contribution in [0.2, 0.25) is 0 Å². The molecule has 3 heterocycles. The molecule has 0 fully saturated rings. The number of aromatic amines is 1. The lowest BCUT2D eigenvalue weighted by Crippen LogP contribution is -2.08. The number of thiophene rings is 1. The molecule has 6 heteroatoms. The van der Waals surface area contributed by atoms with E-state index in [1.54, 1.807) is 11.3 Å². The minimum absolute atomic E-state index is 0.0769. The molecule has 0 aromatic carbocycles. The molecular weight excluding hydrogens is 248 g/mol. The van der Waals surface area contributed by atoms with Crippen molar-refractivity contribution >= 4 is 27.4 Å². The van der Waals surface area contributed by atoms with E-state index in [2.05, 4.69) is 20.3 Å². The van der Waals surface area contributed by atoms with E-state index in [9.17, 15) is 0 Å². The molecule has 0 aliphatic heterocycles. The number of aromatic nitrogens is 3. The van der Waals surface area contributed by atoms with E-state index in [1.807, 2.05) is 29.8 Å². The van der Waals surface area contributed by atoms with Crippen LogP contribution in [0.1, 0.15) is 0 Å². The van der Waals surface area contributed by atoms with Crippen LogP contribution in [0.25, 0.3) is 21.7 Å². The Morgan fingerprint density at radius 2 is 2.28 bits per heavy atom. The van der Waals surface area contributed by atoms with Crippen molar-refractivity contribution < 1.29 is 5.11 Å². The number of anilines is 1. The molecule has 0 atom stereocenters. The molecule has 3 aromatic rings. The van der Waals surface area contributed by atoms with Crippen LogP contribution in [-0.4, -0.2) is 33.2 Å². The number of rotatable bonds is 4. The first-order valence-corrected chi connectivity index (χ1v) is 6.50. The molecule has 0 bridgehead atoms. The molecule has 0 unspecified atom stereocenters. The van der Waals surface area contributed by atoms with Crippen molar-refractivity contribution in [1.29, 1.82) is 0 Å². The number of hydrogen-bond donors (Lipinski definition) is 3. The molecule has 0 aliphatic carbocycles. The van der Waals surface area contributed by atoms with Gasteiger partial charge in [-0.3, -0.25) is 0 Å². The highest BCUT2D eigenvalue weighted by atomic mass is 32.1. The molecule has 3 N–H and O–H groups in total. The third-order valence-electron chi connectivity index (χ3n) is 2.57. The Morgan fingerprint density at radius 3 is 3.06 bits per heavy atom. The van der Waals surface area contributed by atoms with E-state index in [0.29, 0.717) is 12.4 Å². The molecule has 5 nitrogen and oxygen atoms in total. The van der Waals surface area contributed by atoms with Crippen molar-refractivity contribution in [3.05, 3.63) is 29.8 Å². The first-order valence-electron chi connectivity index (χ1n) is 5.62. The first kappa shape index (κ1) is 11.2. The minimum atomic E-state index is 0.0769. The van der Waals surface area contributed by atoms with E-state index < -0.39 is 0 Å². The molecule has 0 saturated heterocycles. The SMILES string of the molecule is OCCNc1nc(-c2ccc[nH]2)nc2sccc12. The summed E-state index contributed by atoms with van der Waals surface area (Å²) in [6.07, 6.45) is 1.85. The fourth-order valence-corrected chi connectivity index (χ4v) is 2.52. The Kier molecular flexibility index (Phi) is 2.95. The predicted octanol–water partition coefficient (Wildman–Crippen LogP) is 2.09. The Balaban J connectivity index is 2.11. The fourth-order valence-electron chi connectivity index (χ4n) is 1.75. The van der Waals surface area contributed by atoms with E-state index in [-0.39, 0.29) is 6.61 Å². The topological polar surface area (TPSA) is 73.8 Å². The number of aliphatic hydroxyl groups excluding tert-OH is 1. The van der Waals surface area contributed by atoms with Gasteiger partial charge in [0.05, 0.1) is 17.7 Å². The standard InChI is InChI=1S/C12H12N4OS/c17-6-5-14-10-8-3-7-18-12(8)16-11(15-10)9-2-1-4-13-9/h1-4,7,13,17H,5-6H2,(H,14,15,16). The highest BCUT2D eigenvalue weighted by Crippen LogP contribution is 2.27. The van der Waals surface area contributed by atoms with Crippen LogP contribution in [0.3, 0.4) is 0 Å². The maximum Gasteiger partial charge on any atom is 0.179 e. The normalized spacial score (nSPS) is 10.9. The zero-order valence-corrected chi connectivity index (χ0v) is 10.4. The van der Waals surface area contributed by atoms with Crippen LogP contribution in [-0.2, 0) is 0 Å². The summed E-state index contributed by atoms with van der Waals surface area (Å²) in [4.78, 5) is 13.1. The van der Waals surface area contributed by atoms with Gasteiger partial charge in [0, 0.05) is 12.7 Å². The Hall–Kier alpha value is -1.92. The van der Waals surface area contributed by atoms with Gasteiger partial charge in [-0.05, 0) is 23.6 Å². The third-order valence-corrected chi connectivity index (χ3v) is 3.37. The van der Waals surface area contributed by atoms with Gasteiger partial charge in [-0.25, -0.2) is 9.97 Å². The summed E-state index contributed by atoms with van der Waals surface area (Å²) >= 11 is 1.58. The number of nitrogens with zero attached hydrogens (tertiary/aromatic N) is 2. The number of nitrogens with one attached hydrogen (secondary N) is 2. The van der Waals surface area contributed by atoms with Crippen LogP contribution in [0.5, 0.6) is 0 Å². The predicted molar refractivity (Wildman–Crippen MR) is 72.8 cm³/mol. The van der Waals surface area contributed by atoms with E-state index in [4.69, 9.17) is 5.11 Å². The van der Waals surface area contributed by atoms with Gasteiger partial charge in [-0.1, -0.05) is 0 Å². The van der Waals surface area contributed by atoms with Crippen molar-refractivity contribution in [2.45, 2.75) is 0 Å². The average molecular weight is 260 g/mol. The summed E-state index contributed by atoms with van der Waals surface area (Å²) in [6, 6.07) is 5.83. The van der Waals surface area contributed by atoms with Crippen molar-refractivity contribution in [3.8, 4) is 11.5 Å². The molecule has 0 amide bonds. The third kappa shape index (κ3) is 1.96. The molecule has 0 spiro atoms. The quantitative estimate of drug-likeness (QED) is 0.671. The summed E-state index contributed by atoms with van der Waals surface area (Å²) in [7, 11) is 0. The summed E-state index contributed by atoms with van der Waals surface area (Å²) < 4.78 is 0. The second-order valence-corrected chi connectivity index (χ2v) is 4.66. The van der Waals surface area contributed by atoms with E-state index in [0.717, 1.165) is 21.7 Å². The fraction of sp³-hybridized carbons (Fsp3) is 0.167. The maximum absolute atomic E-state index is 8.89. The van der Waals surface area contributed by atoms with Gasteiger partial charge in [-0.15, -0.1) is 11.3 Å². The lowest BCUT2D eigenvalue weighted by atomic mass is 10.3. The van der Waals surface area contributed by atoms with Gasteiger partial charge in [0.15, 0.2) is 5.82 Å². The largest absolute Gasteiger partial charge is 0.395 e. The molecule has 0 radical (unpaired) electrons. The lowest BCUT2D eigenvalue weighted by molar-refractivity contribution is 0.311. The van der Waals surface area contributed by atoms with Crippen LogP contribution in [0.4, 0.5) is 5.82 Å². The van der Waals surface area contributed by atoms with Gasteiger partial charge in [0.2, 0.25) is 0 Å².